The predicted molar refractivity (Wildman–Crippen MR) is 105 cm³/mol. The summed E-state index contributed by atoms with van der Waals surface area (Å²) in [5.41, 5.74) is 2.95. The van der Waals surface area contributed by atoms with Crippen molar-refractivity contribution in [2.24, 2.45) is 0 Å². The van der Waals surface area contributed by atoms with Gasteiger partial charge < -0.3 is 0 Å². The molecule has 4 nitrogen and oxygen atoms in total. The number of aryl methyl sites for hydroxylation is 2. The van der Waals surface area contributed by atoms with Crippen LogP contribution in [-0.4, -0.2) is 19.9 Å². The lowest BCUT2D eigenvalue weighted by Gasteiger charge is -2.12. The SMILES string of the molecule is Cc1nc(C)c2ccc(Cc3nc(C(C)C)c4cc(F)ccc4n3)c(F)c2n1. The Morgan fingerprint density at radius 2 is 1.68 bits per heavy atom. The molecule has 0 spiro atoms. The molecule has 6 heteroatoms. The molecule has 0 fully saturated rings. The number of aromatic nitrogens is 4. The lowest BCUT2D eigenvalue weighted by atomic mass is 10.0. The number of fused-ring (bicyclic) bond motifs is 2. The van der Waals surface area contributed by atoms with Gasteiger partial charge in [0.1, 0.15) is 23.0 Å². The van der Waals surface area contributed by atoms with Gasteiger partial charge in [-0.2, -0.15) is 0 Å². The first-order valence-corrected chi connectivity index (χ1v) is 9.22. The van der Waals surface area contributed by atoms with Crippen LogP contribution in [0.1, 0.15) is 48.4 Å². The minimum Gasteiger partial charge on any atom is -0.238 e. The number of hydrogen-bond donors (Lipinski definition) is 0. The molecule has 0 radical (unpaired) electrons. The molecule has 0 atom stereocenters. The fourth-order valence-electron chi connectivity index (χ4n) is 3.50. The van der Waals surface area contributed by atoms with Gasteiger partial charge in [-0.15, -0.1) is 0 Å². The van der Waals surface area contributed by atoms with Crippen LogP contribution in [0.4, 0.5) is 8.78 Å². The normalized spacial score (nSPS) is 11.7. The minimum atomic E-state index is -0.375. The molecule has 0 saturated heterocycles. The highest BCUT2D eigenvalue weighted by atomic mass is 19.1. The number of hydrogen-bond acceptors (Lipinski definition) is 4. The number of halogens is 2. The van der Waals surface area contributed by atoms with Gasteiger partial charge in [-0.05, 0) is 43.5 Å². The topological polar surface area (TPSA) is 51.6 Å². The lowest BCUT2D eigenvalue weighted by Crippen LogP contribution is -2.06. The molecule has 0 saturated carbocycles. The van der Waals surface area contributed by atoms with Crippen molar-refractivity contribution >= 4 is 21.8 Å². The molecule has 0 aliphatic carbocycles. The van der Waals surface area contributed by atoms with E-state index in [2.05, 4.69) is 19.9 Å². The van der Waals surface area contributed by atoms with Gasteiger partial charge in [-0.25, -0.2) is 28.7 Å². The van der Waals surface area contributed by atoms with Crippen molar-refractivity contribution in [3.63, 3.8) is 0 Å². The van der Waals surface area contributed by atoms with Crippen LogP contribution < -0.4 is 0 Å². The average molecular weight is 378 g/mol. The predicted octanol–water partition coefficient (Wildman–Crippen LogP) is 5.18. The lowest BCUT2D eigenvalue weighted by molar-refractivity contribution is 0.620. The van der Waals surface area contributed by atoms with Crippen molar-refractivity contribution < 1.29 is 8.78 Å². The maximum Gasteiger partial charge on any atom is 0.153 e. The second kappa shape index (κ2) is 6.86. The Morgan fingerprint density at radius 3 is 2.43 bits per heavy atom. The third kappa shape index (κ3) is 3.19. The quantitative estimate of drug-likeness (QED) is 0.493. The van der Waals surface area contributed by atoms with Crippen molar-refractivity contribution in [2.75, 3.05) is 0 Å². The number of nitrogens with zero attached hydrogens (tertiary/aromatic N) is 4. The summed E-state index contributed by atoms with van der Waals surface area (Å²) in [6.07, 6.45) is 0.233. The largest absolute Gasteiger partial charge is 0.238 e. The molecule has 142 valence electrons. The Labute approximate surface area is 161 Å². The summed E-state index contributed by atoms with van der Waals surface area (Å²) in [6, 6.07) is 8.03. The summed E-state index contributed by atoms with van der Waals surface area (Å²) in [5, 5.41) is 1.39. The highest BCUT2D eigenvalue weighted by Crippen LogP contribution is 2.26. The molecule has 2 aromatic carbocycles. The Kier molecular flexibility index (Phi) is 4.49. The van der Waals surface area contributed by atoms with Crippen LogP contribution in [0.25, 0.3) is 21.8 Å². The molecule has 0 aliphatic heterocycles. The Hall–Kier alpha value is -3.02. The Morgan fingerprint density at radius 1 is 0.893 bits per heavy atom. The van der Waals surface area contributed by atoms with Crippen LogP contribution in [0.15, 0.2) is 30.3 Å². The molecule has 0 N–H and O–H groups in total. The third-order valence-corrected chi connectivity index (χ3v) is 4.82. The molecule has 0 unspecified atom stereocenters. The summed E-state index contributed by atoms with van der Waals surface area (Å²) in [7, 11) is 0. The van der Waals surface area contributed by atoms with E-state index in [1.54, 1.807) is 19.1 Å². The van der Waals surface area contributed by atoms with E-state index in [4.69, 9.17) is 0 Å². The Balaban J connectivity index is 1.84. The van der Waals surface area contributed by atoms with E-state index < -0.39 is 0 Å². The van der Waals surface area contributed by atoms with Gasteiger partial charge in [-0.1, -0.05) is 26.0 Å². The highest BCUT2D eigenvalue weighted by molar-refractivity contribution is 5.83. The smallest absolute Gasteiger partial charge is 0.153 e. The van der Waals surface area contributed by atoms with Crippen LogP contribution in [0, 0.1) is 25.5 Å². The van der Waals surface area contributed by atoms with Crippen LogP contribution in [0.3, 0.4) is 0 Å². The van der Waals surface area contributed by atoms with Crippen molar-refractivity contribution in [1.29, 1.82) is 0 Å². The van der Waals surface area contributed by atoms with Gasteiger partial charge in [0.05, 0.1) is 11.2 Å². The first-order chi connectivity index (χ1) is 13.3. The van der Waals surface area contributed by atoms with E-state index in [0.717, 1.165) is 11.4 Å². The summed E-state index contributed by atoms with van der Waals surface area (Å²) in [5.74, 6) is 0.429. The molecule has 4 aromatic rings. The number of rotatable bonds is 3. The first-order valence-electron chi connectivity index (χ1n) is 9.22. The van der Waals surface area contributed by atoms with E-state index in [1.807, 2.05) is 26.8 Å². The van der Waals surface area contributed by atoms with Crippen molar-refractivity contribution in [1.82, 2.24) is 19.9 Å². The maximum absolute atomic E-state index is 15.1. The summed E-state index contributed by atoms with van der Waals surface area (Å²) < 4.78 is 28.8. The second-order valence-electron chi connectivity index (χ2n) is 7.31. The summed E-state index contributed by atoms with van der Waals surface area (Å²) in [6.45, 7) is 7.58. The van der Waals surface area contributed by atoms with Gasteiger partial charge in [0.2, 0.25) is 0 Å². The fraction of sp³-hybridized carbons (Fsp3) is 0.273. The zero-order chi connectivity index (χ0) is 20.0. The zero-order valence-electron chi connectivity index (χ0n) is 16.2. The molecular weight excluding hydrogens is 358 g/mol. The van der Waals surface area contributed by atoms with E-state index in [9.17, 15) is 4.39 Å². The average Bonchev–Trinajstić information content (AvgIpc) is 2.64. The van der Waals surface area contributed by atoms with Gasteiger partial charge in [0.15, 0.2) is 5.82 Å². The van der Waals surface area contributed by atoms with Crippen LogP contribution in [0.2, 0.25) is 0 Å². The molecular formula is C22H20F2N4. The van der Waals surface area contributed by atoms with Crippen molar-refractivity contribution in [3.05, 3.63) is 70.6 Å². The van der Waals surface area contributed by atoms with E-state index in [-0.39, 0.29) is 24.0 Å². The third-order valence-electron chi connectivity index (χ3n) is 4.82. The van der Waals surface area contributed by atoms with E-state index >= 15 is 4.39 Å². The maximum atomic E-state index is 15.1. The zero-order valence-corrected chi connectivity index (χ0v) is 16.2. The van der Waals surface area contributed by atoms with E-state index in [1.165, 1.54) is 12.1 Å². The Bertz CT molecular complexity index is 1220. The summed E-state index contributed by atoms with van der Waals surface area (Å²) in [4.78, 5) is 17.7. The number of benzene rings is 2. The van der Waals surface area contributed by atoms with Crippen LogP contribution in [0.5, 0.6) is 0 Å². The monoisotopic (exact) mass is 378 g/mol. The van der Waals surface area contributed by atoms with Gasteiger partial charge in [0.25, 0.3) is 0 Å². The summed E-state index contributed by atoms with van der Waals surface area (Å²) >= 11 is 0. The molecule has 0 aliphatic rings. The van der Waals surface area contributed by atoms with Gasteiger partial charge in [0, 0.05) is 22.9 Å². The molecule has 4 rings (SSSR count). The minimum absolute atomic E-state index is 0.0885. The molecule has 2 aromatic heterocycles. The molecule has 2 heterocycles. The van der Waals surface area contributed by atoms with Gasteiger partial charge >= 0.3 is 0 Å². The second-order valence-corrected chi connectivity index (χ2v) is 7.31. The first kappa shape index (κ1) is 18.3. The van der Waals surface area contributed by atoms with Crippen LogP contribution >= 0.6 is 0 Å². The molecule has 0 bridgehead atoms. The van der Waals surface area contributed by atoms with Gasteiger partial charge in [-0.3, -0.25) is 0 Å². The van der Waals surface area contributed by atoms with Crippen LogP contribution in [-0.2, 0) is 6.42 Å². The van der Waals surface area contributed by atoms with Crippen molar-refractivity contribution in [2.45, 2.75) is 40.0 Å². The standard InChI is InChI=1S/C22H20F2N4/c1-11(2)21-17-10-15(23)6-8-18(17)27-19(28-21)9-14-5-7-16-12(3)25-13(4)26-22(16)20(14)24/h5-8,10-11H,9H2,1-4H3. The molecule has 28 heavy (non-hydrogen) atoms. The highest BCUT2D eigenvalue weighted by Gasteiger charge is 2.16. The van der Waals surface area contributed by atoms with Crippen molar-refractivity contribution in [3.8, 4) is 0 Å². The molecule has 0 amide bonds. The fourth-order valence-corrected chi connectivity index (χ4v) is 3.50. The van der Waals surface area contributed by atoms with E-state index in [0.29, 0.717) is 39.0 Å².